The Morgan fingerprint density at radius 3 is 2.75 bits per heavy atom. The molecule has 0 saturated carbocycles. The fourth-order valence-electron chi connectivity index (χ4n) is 2.21. The first-order valence-corrected chi connectivity index (χ1v) is 8.45. The summed E-state index contributed by atoms with van der Waals surface area (Å²) in [7, 11) is 0. The van der Waals surface area contributed by atoms with Crippen molar-refractivity contribution in [2.24, 2.45) is 0 Å². The molecule has 2 rings (SSSR count). The highest BCUT2D eigenvalue weighted by molar-refractivity contribution is 9.11. The second-order valence-electron chi connectivity index (χ2n) is 4.89. The van der Waals surface area contributed by atoms with E-state index in [1.54, 1.807) is 11.3 Å². The Balaban J connectivity index is 2.24. The molecule has 1 aromatic carbocycles. The van der Waals surface area contributed by atoms with Gasteiger partial charge in [0.1, 0.15) is 5.82 Å². The fraction of sp³-hybridized carbons (Fsp3) is 0.375. The van der Waals surface area contributed by atoms with E-state index in [1.807, 2.05) is 31.2 Å². The van der Waals surface area contributed by atoms with Crippen LogP contribution in [0.4, 0.5) is 4.39 Å². The molecule has 1 unspecified atom stereocenters. The monoisotopic (exact) mass is 355 g/mol. The van der Waals surface area contributed by atoms with Crippen molar-refractivity contribution in [1.82, 2.24) is 5.32 Å². The summed E-state index contributed by atoms with van der Waals surface area (Å²) in [5.74, 6) is -0.0864. The zero-order valence-corrected chi connectivity index (χ0v) is 14.2. The first-order valence-electron chi connectivity index (χ1n) is 6.84. The molecular weight excluding hydrogens is 337 g/mol. The molecule has 1 heterocycles. The highest BCUT2D eigenvalue weighted by atomic mass is 79.9. The van der Waals surface area contributed by atoms with Crippen LogP contribution in [0.15, 0.2) is 34.1 Å². The third-order valence-corrected chi connectivity index (χ3v) is 4.92. The summed E-state index contributed by atoms with van der Waals surface area (Å²) >= 11 is 5.19. The van der Waals surface area contributed by atoms with Gasteiger partial charge in [-0.15, -0.1) is 11.3 Å². The lowest BCUT2D eigenvalue weighted by Crippen LogP contribution is -2.25. The molecule has 0 aliphatic carbocycles. The van der Waals surface area contributed by atoms with Gasteiger partial charge in [0, 0.05) is 22.9 Å². The van der Waals surface area contributed by atoms with Crippen LogP contribution in [0.3, 0.4) is 0 Å². The summed E-state index contributed by atoms with van der Waals surface area (Å²) < 4.78 is 15.5. The highest BCUT2D eigenvalue weighted by Crippen LogP contribution is 2.28. The first kappa shape index (κ1) is 15.7. The van der Waals surface area contributed by atoms with Crippen molar-refractivity contribution in [3.8, 4) is 0 Å². The zero-order chi connectivity index (χ0) is 14.5. The van der Waals surface area contributed by atoms with E-state index in [0.717, 1.165) is 28.7 Å². The molecule has 0 amide bonds. The third-order valence-electron chi connectivity index (χ3n) is 3.27. The minimum absolute atomic E-state index is 0.0281. The Morgan fingerprint density at radius 2 is 2.10 bits per heavy atom. The van der Waals surface area contributed by atoms with Crippen LogP contribution in [-0.4, -0.2) is 6.54 Å². The van der Waals surface area contributed by atoms with E-state index < -0.39 is 0 Å². The van der Waals surface area contributed by atoms with E-state index in [-0.39, 0.29) is 11.9 Å². The van der Waals surface area contributed by atoms with Crippen molar-refractivity contribution in [1.29, 1.82) is 0 Å². The van der Waals surface area contributed by atoms with Crippen LogP contribution < -0.4 is 5.32 Å². The molecule has 0 bridgehead atoms. The van der Waals surface area contributed by atoms with Crippen LogP contribution in [0.2, 0.25) is 0 Å². The van der Waals surface area contributed by atoms with Gasteiger partial charge in [0.15, 0.2) is 0 Å². The Hall–Kier alpha value is -0.710. The van der Waals surface area contributed by atoms with Crippen LogP contribution in [0.5, 0.6) is 0 Å². The quantitative estimate of drug-likeness (QED) is 0.746. The molecule has 0 saturated heterocycles. The largest absolute Gasteiger partial charge is 0.310 e. The van der Waals surface area contributed by atoms with E-state index >= 15 is 0 Å². The van der Waals surface area contributed by atoms with Crippen molar-refractivity contribution in [2.45, 2.75) is 32.7 Å². The van der Waals surface area contributed by atoms with Crippen LogP contribution in [0.1, 0.15) is 35.4 Å². The second kappa shape index (κ2) is 7.34. The fourth-order valence-corrected chi connectivity index (χ4v) is 3.74. The van der Waals surface area contributed by atoms with Crippen LogP contribution in [0, 0.1) is 12.7 Å². The van der Waals surface area contributed by atoms with E-state index in [1.165, 1.54) is 4.88 Å². The summed E-state index contributed by atoms with van der Waals surface area (Å²) in [6.45, 7) is 4.83. The number of halogens is 2. The van der Waals surface area contributed by atoms with Crippen molar-refractivity contribution < 1.29 is 4.39 Å². The molecule has 1 nitrogen and oxygen atoms in total. The minimum atomic E-state index is -0.0864. The standard InChI is InChI=1S/C16H19BrFNS/c1-3-9-19-14(10-12-7-8-15(17)20-12)13-6-4-5-11(2)16(13)18/h4-8,14,19H,3,9-10H2,1-2H3. The number of hydrogen-bond acceptors (Lipinski definition) is 2. The average Bonchev–Trinajstić information content (AvgIpc) is 2.83. The van der Waals surface area contributed by atoms with Gasteiger partial charge in [-0.1, -0.05) is 25.1 Å². The summed E-state index contributed by atoms with van der Waals surface area (Å²) in [6.07, 6.45) is 1.86. The van der Waals surface area contributed by atoms with Crippen molar-refractivity contribution in [3.63, 3.8) is 0 Å². The first-order chi connectivity index (χ1) is 9.61. The molecule has 1 atom stereocenters. The molecule has 0 fully saturated rings. The number of nitrogens with one attached hydrogen (secondary N) is 1. The van der Waals surface area contributed by atoms with E-state index in [2.05, 4.69) is 34.2 Å². The lowest BCUT2D eigenvalue weighted by molar-refractivity contribution is 0.497. The van der Waals surface area contributed by atoms with Gasteiger partial charge in [-0.05, 0) is 53.5 Å². The summed E-state index contributed by atoms with van der Waals surface area (Å²) in [4.78, 5) is 1.26. The second-order valence-corrected chi connectivity index (χ2v) is 7.44. The van der Waals surface area contributed by atoms with E-state index in [9.17, 15) is 4.39 Å². The molecule has 108 valence electrons. The average molecular weight is 356 g/mol. The van der Waals surface area contributed by atoms with Gasteiger partial charge in [0.05, 0.1) is 3.79 Å². The lowest BCUT2D eigenvalue weighted by atomic mass is 10.00. The van der Waals surface area contributed by atoms with Crippen LogP contribution in [0.25, 0.3) is 0 Å². The van der Waals surface area contributed by atoms with E-state index in [4.69, 9.17) is 0 Å². The normalized spacial score (nSPS) is 12.6. The predicted octanol–water partition coefficient (Wildman–Crippen LogP) is 5.24. The molecule has 4 heteroatoms. The number of thiophene rings is 1. The summed E-state index contributed by atoms with van der Waals surface area (Å²) in [6, 6.07) is 9.81. The zero-order valence-electron chi connectivity index (χ0n) is 11.7. The molecule has 0 aliphatic heterocycles. The van der Waals surface area contributed by atoms with Gasteiger partial charge < -0.3 is 5.32 Å². The lowest BCUT2D eigenvalue weighted by Gasteiger charge is -2.19. The van der Waals surface area contributed by atoms with Crippen LogP contribution >= 0.6 is 27.3 Å². The Bertz CT molecular complexity index is 567. The molecule has 2 aromatic rings. The third kappa shape index (κ3) is 3.90. The number of aryl methyl sites for hydroxylation is 1. The highest BCUT2D eigenvalue weighted by Gasteiger charge is 2.17. The Labute approximate surface area is 132 Å². The maximum absolute atomic E-state index is 14.3. The molecule has 0 aliphatic rings. The molecule has 1 aromatic heterocycles. The van der Waals surface area contributed by atoms with Gasteiger partial charge in [0.2, 0.25) is 0 Å². The molecule has 0 radical (unpaired) electrons. The van der Waals surface area contributed by atoms with Gasteiger partial charge in [-0.25, -0.2) is 4.39 Å². The predicted molar refractivity (Wildman–Crippen MR) is 87.9 cm³/mol. The maximum Gasteiger partial charge on any atom is 0.130 e. The van der Waals surface area contributed by atoms with Gasteiger partial charge in [0.25, 0.3) is 0 Å². The Morgan fingerprint density at radius 1 is 1.30 bits per heavy atom. The smallest absolute Gasteiger partial charge is 0.130 e. The van der Waals surface area contributed by atoms with Crippen LogP contribution in [-0.2, 0) is 6.42 Å². The minimum Gasteiger partial charge on any atom is -0.310 e. The van der Waals surface area contributed by atoms with Crippen molar-refractivity contribution >= 4 is 27.3 Å². The van der Waals surface area contributed by atoms with Crippen molar-refractivity contribution in [3.05, 3.63) is 55.9 Å². The molecule has 1 N–H and O–H groups in total. The number of benzene rings is 1. The summed E-state index contributed by atoms with van der Waals surface area (Å²) in [5.41, 5.74) is 1.47. The summed E-state index contributed by atoms with van der Waals surface area (Å²) in [5, 5.41) is 3.46. The number of hydrogen-bond donors (Lipinski definition) is 1. The molecular formula is C16H19BrFNS. The molecule has 20 heavy (non-hydrogen) atoms. The van der Waals surface area contributed by atoms with Gasteiger partial charge >= 0.3 is 0 Å². The number of rotatable bonds is 6. The van der Waals surface area contributed by atoms with E-state index in [0.29, 0.717) is 5.56 Å². The maximum atomic E-state index is 14.3. The topological polar surface area (TPSA) is 12.0 Å². The SMILES string of the molecule is CCCNC(Cc1ccc(Br)s1)c1cccc(C)c1F. The van der Waals surface area contributed by atoms with Gasteiger partial charge in [-0.3, -0.25) is 0 Å². The Kier molecular flexibility index (Phi) is 5.75. The molecule has 0 spiro atoms. The van der Waals surface area contributed by atoms with Gasteiger partial charge in [-0.2, -0.15) is 0 Å². The van der Waals surface area contributed by atoms with Crippen molar-refractivity contribution in [2.75, 3.05) is 6.54 Å².